The van der Waals surface area contributed by atoms with Crippen molar-refractivity contribution >= 4 is 5.97 Å². The van der Waals surface area contributed by atoms with Crippen LogP contribution in [0.25, 0.3) is 56.4 Å². The standard InChI is InChI=1S/C46H47N3O5/c1-46(2,3)28-12-6-11-17-42(52)54-31-38(50)30-53-39-26-27-40(41(51)29-39)45-48-43(36-22-18-34(19-23-36)32-13-7-4-8-14-32)47-44(49-45)37-24-20-35(21-25-37)33-15-9-5-10-16-33/h4-5,7-10,13-16,18-27,29,38,50-51H,6,11-12,17,28,30-31H2,1-3H3. The van der Waals surface area contributed by atoms with Gasteiger partial charge in [0.25, 0.3) is 0 Å². The Hall–Kier alpha value is -5.86. The zero-order valence-corrected chi connectivity index (χ0v) is 31.1. The summed E-state index contributed by atoms with van der Waals surface area (Å²) in [5.74, 6) is 1.13. The molecule has 0 amide bonds. The molecule has 276 valence electrons. The lowest BCUT2D eigenvalue weighted by atomic mass is 9.89. The zero-order chi connectivity index (χ0) is 37.9. The van der Waals surface area contributed by atoms with Gasteiger partial charge >= 0.3 is 5.97 Å². The van der Waals surface area contributed by atoms with E-state index >= 15 is 0 Å². The van der Waals surface area contributed by atoms with Gasteiger partial charge in [-0.2, -0.15) is 0 Å². The summed E-state index contributed by atoms with van der Waals surface area (Å²) in [7, 11) is 0. The molecule has 1 atom stereocenters. The average molecular weight is 722 g/mol. The first-order valence-corrected chi connectivity index (χ1v) is 18.5. The van der Waals surface area contributed by atoms with Gasteiger partial charge in [0.1, 0.15) is 30.8 Å². The molecule has 0 saturated carbocycles. The van der Waals surface area contributed by atoms with E-state index < -0.39 is 6.10 Å². The van der Waals surface area contributed by atoms with Gasteiger partial charge in [-0.1, -0.05) is 143 Å². The van der Waals surface area contributed by atoms with Crippen LogP contribution in [0.2, 0.25) is 0 Å². The van der Waals surface area contributed by atoms with Crippen LogP contribution in [0.15, 0.2) is 127 Å². The highest BCUT2D eigenvalue weighted by Gasteiger charge is 2.17. The van der Waals surface area contributed by atoms with Crippen LogP contribution in [0.3, 0.4) is 0 Å². The van der Waals surface area contributed by atoms with Gasteiger partial charge in [0.05, 0.1) is 5.56 Å². The lowest BCUT2D eigenvalue weighted by molar-refractivity contribution is -0.147. The summed E-state index contributed by atoms with van der Waals surface area (Å²) >= 11 is 0. The van der Waals surface area contributed by atoms with Crippen LogP contribution in [0, 0.1) is 5.41 Å². The van der Waals surface area contributed by atoms with E-state index in [1.165, 1.54) is 6.07 Å². The number of phenolic OH excluding ortho intramolecular Hbond substituents is 1. The lowest BCUT2D eigenvalue weighted by Crippen LogP contribution is -2.25. The SMILES string of the molecule is CC(C)(C)CCCCCC(=O)OCC(O)COc1ccc(-c2nc(-c3ccc(-c4ccccc4)cc3)nc(-c3ccc(-c4ccccc4)cc3)n2)c(O)c1. The van der Waals surface area contributed by atoms with Crippen LogP contribution in [0.5, 0.6) is 11.5 Å². The maximum Gasteiger partial charge on any atom is 0.305 e. The largest absolute Gasteiger partial charge is 0.507 e. The number of hydrogen-bond donors (Lipinski definition) is 2. The number of unbranched alkanes of at least 4 members (excludes halogenated alkanes) is 2. The third-order valence-corrected chi connectivity index (χ3v) is 9.03. The number of aliphatic hydroxyl groups is 1. The minimum absolute atomic E-state index is 0.0955. The van der Waals surface area contributed by atoms with E-state index in [1.54, 1.807) is 12.1 Å². The molecule has 0 aliphatic rings. The Labute approximate surface area is 317 Å². The molecule has 0 aliphatic heterocycles. The maximum absolute atomic E-state index is 12.2. The predicted octanol–water partition coefficient (Wildman–Crippen LogP) is 10.2. The molecule has 8 heteroatoms. The zero-order valence-electron chi connectivity index (χ0n) is 31.1. The van der Waals surface area contributed by atoms with Crippen molar-refractivity contribution in [3.63, 3.8) is 0 Å². The minimum atomic E-state index is -1.02. The van der Waals surface area contributed by atoms with Crippen LogP contribution in [0.4, 0.5) is 0 Å². The van der Waals surface area contributed by atoms with Crippen molar-refractivity contribution in [3.05, 3.63) is 127 Å². The molecule has 6 rings (SSSR count). The molecular weight excluding hydrogens is 675 g/mol. The molecule has 8 nitrogen and oxygen atoms in total. The molecule has 0 fully saturated rings. The van der Waals surface area contributed by atoms with E-state index in [9.17, 15) is 15.0 Å². The van der Waals surface area contributed by atoms with E-state index in [0.29, 0.717) is 35.2 Å². The molecular formula is C46H47N3O5. The van der Waals surface area contributed by atoms with Crippen molar-refractivity contribution in [3.8, 4) is 67.9 Å². The Bertz CT molecular complexity index is 2010. The predicted molar refractivity (Wildman–Crippen MR) is 214 cm³/mol. The summed E-state index contributed by atoms with van der Waals surface area (Å²) in [6.45, 7) is 6.35. The second-order valence-corrected chi connectivity index (χ2v) is 14.6. The summed E-state index contributed by atoms with van der Waals surface area (Å²) in [4.78, 5) is 26.6. The van der Waals surface area contributed by atoms with Crippen molar-refractivity contribution in [2.75, 3.05) is 13.2 Å². The van der Waals surface area contributed by atoms with Crippen molar-refractivity contribution in [1.29, 1.82) is 0 Å². The molecule has 1 aromatic heterocycles. The molecule has 0 bridgehead atoms. The molecule has 54 heavy (non-hydrogen) atoms. The molecule has 0 saturated heterocycles. The average Bonchev–Trinajstić information content (AvgIpc) is 3.19. The summed E-state index contributed by atoms with van der Waals surface area (Å²) in [6.07, 6.45) is 3.21. The molecule has 0 aliphatic carbocycles. The van der Waals surface area contributed by atoms with E-state index in [0.717, 1.165) is 59.1 Å². The Morgan fingerprint density at radius 1 is 0.611 bits per heavy atom. The van der Waals surface area contributed by atoms with Gasteiger partial charge in [-0.15, -0.1) is 0 Å². The smallest absolute Gasteiger partial charge is 0.305 e. The molecule has 2 N–H and O–H groups in total. The minimum Gasteiger partial charge on any atom is -0.507 e. The first kappa shape index (κ1) is 37.9. The number of aromatic hydroxyl groups is 1. The quantitative estimate of drug-likeness (QED) is 0.0796. The fourth-order valence-electron chi connectivity index (χ4n) is 6.03. The third kappa shape index (κ3) is 10.6. The molecule has 0 radical (unpaired) electrons. The molecule has 6 aromatic rings. The van der Waals surface area contributed by atoms with Gasteiger partial charge in [-0.3, -0.25) is 4.79 Å². The fourth-order valence-corrected chi connectivity index (χ4v) is 6.03. The van der Waals surface area contributed by atoms with E-state index in [4.69, 9.17) is 24.4 Å². The van der Waals surface area contributed by atoms with E-state index in [2.05, 4.69) is 45.0 Å². The number of aliphatic hydroxyl groups excluding tert-OH is 1. The first-order valence-electron chi connectivity index (χ1n) is 18.5. The van der Waals surface area contributed by atoms with Crippen LogP contribution in [-0.2, 0) is 9.53 Å². The third-order valence-electron chi connectivity index (χ3n) is 9.03. The normalized spacial score (nSPS) is 11.9. The monoisotopic (exact) mass is 721 g/mol. The lowest BCUT2D eigenvalue weighted by Gasteiger charge is -2.17. The van der Waals surface area contributed by atoms with Crippen molar-refractivity contribution in [1.82, 2.24) is 15.0 Å². The molecule has 1 heterocycles. The van der Waals surface area contributed by atoms with Gasteiger partial charge in [0.15, 0.2) is 17.5 Å². The van der Waals surface area contributed by atoms with Crippen LogP contribution < -0.4 is 4.74 Å². The number of benzene rings is 5. The first-order chi connectivity index (χ1) is 26.1. The summed E-state index contributed by atoms with van der Waals surface area (Å²) in [5, 5.41) is 21.6. The van der Waals surface area contributed by atoms with Crippen LogP contribution >= 0.6 is 0 Å². The number of phenols is 1. The summed E-state index contributed by atoms with van der Waals surface area (Å²) < 4.78 is 11.0. The van der Waals surface area contributed by atoms with Crippen molar-refractivity contribution in [2.24, 2.45) is 5.41 Å². The number of nitrogens with zero attached hydrogens (tertiary/aromatic N) is 3. The van der Waals surface area contributed by atoms with Gasteiger partial charge < -0.3 is 19.7 Å². The highest BCUT2D eigenvalue weighted by Crippen LogP contribution is 2.34. The van der Waals surface area contributed by atoms with Gasteiger partial charge in [-0.25, -0.2) is 15.0 Å². The van der Waals surface area contributed by atoms with Crippen LogP contribution in [0.1, 0.15) is 52.9 Å². The Kier molecular flexibility index (Phi) is 12.5. The Balaban J connectivity index is 1.16. The molecule has 1 unspecified atom stereocenters. The number of carbonyl (C=O) groups excluding carboxylic acids is 1. The van der Waals surface area contributed by atoms with Crippen molar-refractivity contribution < 1.29 is 24.5 Å². The van der Waals surface area contributed by atoms with E-state index in [-0.39, 0.29) is 30.3 Å². The van der Waals surface area contributed by atoms with Crippen molar-refractivity contribution in [2.45, 2.75) is 59.0 Å². The Morgan fingerprint density at radius 3 is 1.63 bits per heavy atom. The highest BCUT2D eigenvalue weighted by atomic mass is 16.5. The summed E-state index contributed by atoms with van der Waals surface area (Å²) in [5.41, 5.74) is 6.65. The Morgan fingerprint density at radius 2 is 1.11 bits per heavy atom. The van der Waals surface area contributed by atoms with Gasteiger partial charge in [0, 0.05) is 23.6 Å². The maximum atomic E-state index is 12.2. The van der Waals surface area contributed by atoms with E-state index in [1.807, 2.05) is 84.9 Å². The number of aromatic nitrogens is 3. The number of esters is 1. The van der Waals surface area contributed by atoms with Gasteiger partial charge in [-0.05, 0) is 52.6 Å². The second kappa shape index (κ2) is 17.8. The highest BCUT2D eigenvalue weighted by molar-refractivity contribution is 5.74. The van der Waals surface area contributed by atoms with Gasteiger partial charge in [0.2, 0.25) is 0 Å². The van der Waals surface area contributed by atoms with Crippen LogP contribution in [-0.4, -0.2) is 50.5 Å². The number of carbonyl (C=O) groups is 1. The number of ether oxygens (including phenoxy) is 2. The molecule has 0 spiro atoms. The fraction of sp³-hybridized carbons (Fsp3) is 0.261. The second-order valence-electron chi connectivity index (χ2n) is 14.6. The topological polar surface area (TPSA) is 115 Å². The number of rotatable bonds is 15. The molecule has 5 aromatic carbocycles. The number of hydrogen-bond acceptors (Lipinski definition) is 8. The summed E-state index contributed by atoms with van der Waals surface area (Å²) in [6, 6.07) is 41.2.